The highest BCUT2D eigenvalue weighted by molar-refractivity contribution is 6.00. The van der Waals surface area contributed by atoms with E-state index in [1.165, 1.54) is 5.56 Å². The quantitative estimate of drug-likeness (QED) is 0.752. The van der Waals surface area contributed by atoms with E-state index >= 15 is 0 Å². The predicted molar refractivity (Wildman–Crippen MR) is 68.1 cm³/mol. The van der Waals surface area contributed by atoms with Crippen molar-refractivity contribution in [2.45, 2.75) is 25.7 Å². The summed E-state index contributed by atoms with van der Waals surface area (Å²) in [7, 11) is 0. The molecule has 0 aliphatic carbocycles. The van der Waals surface area contributed by atoms with Crippen LogP contribution in [0, 0.1) is 5.92 Å². The molecule has 3 rings (SSSR count). The van der Waals surface area contributed by atoms with Crippen LogP contribution in [0.1, 0.15) is 35.2 Å². The van der Waals surface area contributed by atoms with Gasteiger partial charge in [-0.15, -0.1) is 0 Å². The first kappa shape index (κ1) is 11.7. The summed E-state index contributed by atoms with van der Waals surface area (Å²) in [5.41, 5.74) is 1.92. The van der Waals surface area contributed by atoms with E-state index in [-0.39, 0.29) is 11.7 Å². The molecule has 1 fully saturated rings. The predicted octanol–water partition coefficient (Wildman–Crippen LogP) is 2.62. The Kier molecular flexibility index (Phi) is 3.33. The van der Waals surface area contributed by atoms with Gasteiger partial charge in [-0.05, 0) is 37.3 Å². The Hall–Kier alpha value is -1.35. The molecule has 1 saturated heterocycles. The highest BCUT2D eigenvalue weighted by Crippen LogP contribution is 2.31. The van der Waals surface area contributed by atoms with Crippen LogP contribution in [0.25, 0.3) is 0 Å². The van der Waals surface area contributed by atoms with Gasteiger partial charge in [0.05, 0.1) is 18.8 Å². The smallest absolute Gasteiger partial charge is 0.171 e. The van der Waals surface area contributed by atoms with Gasteiger partial charge >= 0.3 is 0 Å². The van der Waals surface area contributed by atoms with Crippen molar-refractivity contribution in [1.29, 1.82) is 0 Å². The van der Waals surface area contributed by atoms with Crippen molar-refractivity contribution in [1.82, 2.24) is 0 Å². The van der Waals surface area contributed by atoms with Crippen molar-refractivity contribution in [2.75, 3.05) is 19.8 Å². The van der Waals surface area contributed by atoms with E-state index in [4.69, 9.17) is 9.47 Å². The number of ether oxygens (including phenoxy) is 2. The first-order chi connectivity index (χ1) is 8.86. The summed E-state index contributed by atoms with van der Waals surface area (Å²) in [6, 6.07) is 5.91. The average molecular weight is 246 g/mol. The maximum atomic E-state index is 12.5. The molecule has 0 bridgehead atoms. The summed E-state index contributed by atoms with van der Waals surface area (Å²) in [5, 5.41) is 0. The third-order valence-electron chi connectivity index (χ3n) is 3.73. The molecule has 0 spiro atoms. The van der Waals surface area contributed by atoms with Gasteiger partial charge in [0.2, 0.25) is 0 Å². The minimum atomic E-state index is 0.00998. The molecule has 0 aromatic heterocycles. The molecular formula is C15H18O3. The molecule has 0 radical (unpaired) electrons. The zero-order valence-electron chi connectivity index (χ0n) is 10.5. The molecule has 2 aliphatic rings. The number of Topliss-reactive ketones (excluding diaryl/α,β-unsaturated/α-hetero) is 1. The van der Waals surface area contributed by atoms with Crippen LogP contribution >= 0.6 is 0 Å². The fraction of sp³-hybridized carbons (Fsp3) is 0.533. The van der Waals surface area contributed by atoms with Crippen LogP contribution in [0.5, 0.6) is 5.75 Å². The standard InChI is InChI=1S/C15H18O3/c16-14(12-6-2-8-17-10-12)13-7-1-4-11-5-3-9-18-15(11)13/h1,4,7,12H,2-3,5-6,8-10H2. The maximum absolute atomic E-state index is 12.5. The summed E-state index contributed by atoms with van der Waals surface area (Å²) in [6.07, 6.45) is 3.96. The van der Waals surface area contributed by atoms with E-state index in [0.717, 1.165) is 50.2 Å². The van der Waals surface area contributed by atoms with Crippen LogP contribution in [0.3, 0.4) is 0 Å². The summed E-state index contributed by atoms with van der Waals surface area (Å²) >= 11 is 0. The lowest BCUT2D eigenvalue weighted by Gasteiger charge is -2.24. The Morgan fingerprint density at radius 1 is 1.22 bits per heavy atom. The molecule has 96 valence electrons. The van der Waals surface area contributed by atoms with E-state index < -0.39 is 0 Å². The van der Waals surface area contributed by atoms with Gasteiger partial charge in [0.15, 0.2) is 5.78 Å². The Balaban J connectivity index is 1.89. The number of rotatable bonds is 2. The summed E-state index contributed by atoms with van der Waals surface area (Å²) in [5.74, 6) is 1.02. The van der Waals surface area contributed by atoms with Crippen molar-refractivity contribution < 1.29 is 14.3 Å². The number of fused-ring (bicyclic) bond motifs is 1. The molecule has 0 amide bonds. The number of carbonyl (C=O) groups is 1. The van der Waals surface area contributed by atoms with Gasteiger partial charge < -0.3 is 9.47 Å². The van der Waals surface area contributed by atoms with Crippen molar-refractivity contribution in [3.8, 4) is 5.75 Å². The molecule has 0 saturated carbocycles. The van der Waals surface area contributed by atoms with Gasteiger partial charge in [-0.25, -0.2) is 0 Å². The van der Waals surface area contributed by atoms with Gasteiger partial charge in [-0.1, -0.05) is 12.1 Å². The number of para-hydroxylation sites is 1. The normalized spacial score (nSPS) is 23.0. The molecule has 1 unspecified atom stereocenters. The highest BCUT2D eigenvalue weighted by Gasteiger charge is 2.27. The fourth-order valence-electron chi connectivity index (χ4n) is 2.75. The molecule has 0 N–H and O–H groups in total. The molecule has 3 nitrogen and oxygen atoms in total. The second-order valence-electron chi connectivity index (χ2n) is 5.02. The van der Waals surface area contributed by atoms with Crippen LogP contribution in [-0.2, 0) is 11.2 Å². The van der Waals surface area contributed by atoms with Gasteiger partial charge in [0.1, 0.15) is 5.75 Å². The Labute approximate surface area is 107 Å². The Morgan fingerprint density at radius 3 is 3.00 bits per heavy atom. The average Bonchev–Trinajstić information content (AvgIpc) is 2.47. The van der Waals surface area contributed by atoms with Crippen LogP contribution in [-0.4, -0.2) is 25.6 Å². The zero-order valence-corrected chi connectivity index (χ0v) is 10.5. The lowest BCUT2D eigenvalue weighted by molar-refractivity contribution is 0.0458. The van der Waals surface area contributed by atoms with Gasteiger partial charge in [-0.2, -0.15) is 0 Å². The fourth-order valence-corrected chi connectivity index (χ4v) is 2.75. The molecule has 2 aliphatic heterocycles. The van der Waals surface area contributed by atoms with E-state index in [0.29, 0.717) is 6.61 Å². The van der Waals surface area contributed by atoms with Crippen molar-refractivity contribution in [3.05, 3.63) is 29.3 Å². The molecule has 2 heterocycles. The van der Waals surface area contributed by atoms with Crippen molar-refractivity contribution in [2.24, 2.45) is 5.92 Å². The summed E-state index contributed by atoms with van der Waals surface area (Å²) in [6.45, 7) is 2.06. The lowest BCUT2D eigenvalue weighted by atomic mass is 9.90. The van der Waals surface area contributed by atoms with Gasteiger partial charge in [0, 0.05) is 12.5 Å². The number of ketones is 1. The first-order valence-electron chi connectivity index (χ1n) is 6.73. The highest BCUT2D eigenvalue weighted by atomic mass is 16.5. The van der Waals surface area contributed by atoms with Crippen LogP contribution in [0.2, 0.25) is 0 Å². The molecule has 1 aromatic rings. The largest absolute Gasteiger partial charge is 0.493 e. The van der Waals surface area contributed by atoms with Gasteiger partial charge in [-0.3, -0.25) is 4.79 Å². The minimum absolute atomic E-state index is 0.00998. The zero-order chi connectivity index (χ0) is 12.4. The SMILES string of the molecule is O=C(c1cccc2c1OCCC2)C1CCCOC1. The minimum Gasteiger partial charge on any atom is -0.493 e. The third-order valence-corrected chi connectivity index (χ3v) is 3.73. The summed E-state index contributed by atoms with van der Waals surface area (Å²) < 4.78 is 11.1. The van der Waals surface area contributed by atoms with Crippen LogP contribution in [0.15, 0.2) is 18.2 Å². The Bertz CT molecular complexity index is 447. The van der Waals surface area contributed by atoms with E-state index in [9.17, 15) is 4.79 Å². The molecular weight excluding hydrogens is 228 g/mol. The lowest BCUT2D eigenvalue weighted by Crippen LogP contribution is -2.26. The number of benzene rings is 1. The topological polar surface area (TPSA) is 35.5 Å². The van der Waals surface area contributed by atoms with E-state index in [2.05, 4.69) is 6.07 Å². The third kappa shape index (κ3) is 2.15. The van der Waals surface area contributed by atoms with Crippen molar-refractivity contribution >= 4 is 5.78 Å². The molecule has 1 aromatic carbocycles. The van der Waals surface area contributed by atoms with Crippen molar-refractivity contribution in [3.63, 3.8) is 0 Å². The monoisotopic (exact) mass is 246 g/mol. The number of hydrogen-bond donors (Lipinski definition) is 0. The molecule has 1 atom stereocenters. The van der Waals surface area contributed by atoms with E-state index in [1.807, 2.05) is 12.1 Å². The summed E-state index contributed by atoms with van der Waals surface area (Å²) in [4.78, 5) is 12.5. The second kappa shape index (κ2) is 5.11. The number of carbonyl (C=O) groups excluding carboxylic acids is 1. The second-order valence-corrected chi connectivity index (χ2v) is 5.02. The molecule has 3 heteroatoms. The van der Waals surface area contributed by atoms with Gasteiger partial charge in [0.25, 0.3) is 0 Å². The Morgan fingerprint density at radius 2 is 2.17 bits per heavy atom. The molecule has 18 heavy (non-hydrogen) atoms. The number of aryl methyl sites for hydroxylation is 1. The number of hydrogen-bond acceptors (Lipinski definition) is 3. The first-order valence-corrected chi connectivity index (χ1v) is 6.73. The maximum Gasteiger partial charge on any atom is 0.171 e. The van der Waals surface area contributed by atoms with E-state index in [1.54, 1.807) is 0 Å². The van der Waals surface area contributed by atoms with Crippen LogP contribution < -0.4 is 4.74 Å². The van der Waals surface area contributed by atoms with Crippen LogP contribution in [0.4, 0.5) is 0 Å².